The minimum absolute atomic E-state index is 0.104. The standard InChI is InChI=1S/C14H11F3N4/c1-8-2-4-9(5-3-8)13-10(18)7-19-12-6-11(14(15,16)17)20-21(12)13/h2-7H,18H2,1H3. The molecule has 3 aromatic rings. The van der Waals surface area contributed by atoms with Crippen LogP contribution in [-0.4, -0.2) is 14.6 Å². The number of hydrogen-bond acceptors (Lipinski definition) is 3. The number of halogens is 3. The van der Waals surface area contributed by atoms with Gasteiger partial charge in [-0.2, -0.15) is 18.3 Å². The molecule has 0 atom stereocenters. The molecule has 108 valence electrons. The molecule has 4 nitrogen and oxygen atoms in total. The molecule has 0 saturated heterocycles. The minimum atomic E-state index is -4.52. The summed E-state index contributed by atoms with van der Waals surface area (Å²) in [5.41, 5.74) is 7.37. The van der Waals surface area contributed by atoms with E-state index in [0.717, 1.165) is 16.1 Å². The highest BCUT2D eigenvalue weighted by molar-refractivity contribution is 5.74. The molecule has 0 radical (unpaired) electrons. The summed E-state index contributed by atoms with van der Waals surface area (Å²) in [6.07, 6.45) is -3.18. The fourth-order valence-electron chi connectivity index (χ4n) is 2.09. The summed E-state index contributed by atoms with van der Waals surface area (Å²) in [5, 5.41) is 3.59. The van der Waals surface area contributed by atoms with Gasteiger partial charge in [-0.15, -0.1) is 0 Å². The number of nitrogens with zero attached hydrogens (tertiary/aromatic N) is 3. The highest BCUT2D eigenvalue weighted by atomic mass is 19.4. The Kier molecular flexibility index (Phi) is 2.86. The molecule has 2 aromatic heterocycles. The maximum atomic E-state index is 12.8. The Morgan fingerprint density at radius 3 is 2.43 bits per heavy atom. The first-order chi connectivity index (χ1) is 9.86. The van der Waals surface area contributed by atoms with Crippen LogP contribution < -0.4 is 5.73 Å². The average molecular weight is 292 g/mol. The predicted octanol–water partition coefficient (Wildman–Crippen LogP) is 3.31. The van der Waals surface area contributed by atoms with Gasteiger partial charge in [0.2, 0.25) is 0 Å². The van der Waals surface area contributed by atoms with Crippen molar-refractivity contribution in [3.05, 3.63) is 47.8 Å². The van der Waals surface area contributed by atoms with E-state index in [-0.39, 0.29) is 11.3 Å². The average Bonchev–Trinajstić information content (AvgIpc) is 2.84. The highest BCUT2D eigenvalue weighted by Gasteiger charge is 2.34. The monoisotopic (exact) mass is 292 g/mol. The summed E-state index contributed by atoms with van der Waals surface area (Å²) < 4.78 is 39.5. The van der Waals surface area contributed by atoms with Crippen molar-refractivity contribution in [2.75, 3.05) is 5.73 Å². The Morgan fingerprint density at radius 1 is 1.14 bits per heavy atom. The Hall–Kier alpha value is -2.57. The van der Waals surface area contributed by atoms with Gasteiger partial charge in [-0.1, -0.05) is 29.8 Å². The smallest absolute Gasteiger partial charge is 0.396 e. The number of aromatic nitrogens is 3. The lowest BCUT2D eigenvalue weighted by Crippen LogP contribution is -2.07. The second kappa shape index (κ2) is 4.47. The van der Waals surface area contributed by atoms with E-state index in [2.05, 4.69) is 10.1 Å². The molecular weight excluding hydrogens is 281 g/mol. The largest absolute Gasteiger partial charge is 0.435 e. The number of benzene rings is 1. The molecule has 1 aromatic carbocycles. The molecule has 0 fully saturated rings. The first kappa shape index (κ1) is 13.4. The number of aryl methyl sites for hydroxylation is 1. The summed E-state index contributed by atoms with van der Waals surface area (Å²) in [4.78, 5) is 3.89. The summed E-state index contributed by atoms with van der Waals surface area (Å²) in [6, 6.07) is 8.19. The van der Waals surface area contributed by atoms with Gasteiger partial charge in [-0.05, 0) is 6.92 Å². The van der Waals surface area contributed by atoms with Crippen LogP contribution in [0.5, 0.6) is 0 Å². The second-order valence-electron chi connectivity index (χ2n) is 4.73. The van der Waals surface area contributed by atoms with E-state index in [1.165, 1.54) is 6.20 Å². The number of hydrogen-bond donors (Lipinski definition) is 1. The van der Waals surface area contributed by atoms with Gasteiger partial charge in [0.15, 0.2) is 11.3 Å². The van der Waals surface area contributed by atoms with Gasteiger partial charge < -0.3 is 5.73 Å². The van der Waals surface area contributed by atoms with Crippen LogP contribution in [0.3, 0.4) is 0 Å². The zero-order valence-electron chi connectivity index (χ0n) is 11.0. The van der Waals surface area contributed by atoms with Crippen molar-refractivity contribution in [2.45, 2.75) is 13.1 Å². The molecule has 0 spiro atoms. The maximum Gasteiger partial charge on any atom is 0.435 e. The van der Waals surface area contributed by atoms with Crippen molar-refractivity contribution in [1.82, 2.24) is 14.6 Å². The van der Waals surface area contributed by atoms with Gasteiger partial charge in [0.25, 0.3) is 0 Å². The molecule has 0 aliphatic rings. The molecule has 2 N–H and O–H groups in total. The topological polar surface area (TPSA) is 56.2 Å². The lowest BCUT2D eigenvalue weighted by Gasteiger charge is -2.08. The quantitative estimate of drug-likeness (QED) is 0.748. The minimum Gasteiger partial charge on any atom is -0.396 e. The molecule has 0 amide bonds. The van der Waals surface area contributed by atoms with Crippen molar-refractivity contribution < 1.29 is 13.2 Å². The molecule has 0 bridgehead atoms. The molecule has 21 heavy (non-hydrogen) atoms. The summed E-state index contributed by atoms with van der Waals surface area (Å²) in [6.45, 7) is 1.92. The molecule has 0 unspecified atom stereocenters. The van der Waals surface area contributed by atoms with Gasteiger partial charge in [-0.25, -0.2) is 9.50 Å². The van der Waals surface area contributed by atoms with E-state index in [0.29, 0.717) is 11.3 Å². The molecule has 0 aliphatic carbocycles. The molecule has 0 saturated carbocycles. The van der Waals surface area contributed by atoms with E-state index < -0.39 is 11.9 Å². The first-order valence-corrected chi connectivity index (χ1v) is 6.15. The van der Waals surface area contributed by atoms with Crippen LogP contribution in [0.15, 0.2) is 36.5 Å². The van der Waals surface area contributed by atoms with Crippen LogP contribution >= 0.6 is 0 Å². The lowest BCUT2D eigenvalue weighted by atomic mass is 10.1. The van der Waals surface area contributed by atoms with Gasteiger partial charge >= 0.3 is 6.18 Å². The Balaban J connectivity index is 2.28. The number of rotatable bonds is 1. The van der Waals surface area contributed by atoms with E-state index in [4.69, 9.17) is 5.73 Å². The van der Waals surface area contributed by atoms with E-state index in [1.54, 1.807) is 12.1 Å². The molecule has 0 aliphatic heterocycles. The predicted molar refractivity (Wildman–Crippen MR) is 72.6 cm³/mol. The zero-order chi connectivity index (χ0) is 15.2. The summed E-state index contributed by atoms with van der Waals surface area (Å²) in [5.74, 6) is 0. The number of fused-ring (bicyclic) bond motifs is 1. The molecule has 3 rings (SSSR count). The van der Waals surface area contributed by atoms with Crippen molar-refractivity contribution in [2.24, 2.45) is 0 Å². The fourth-order valence-corrected chi connectivity index (χ4v) is 2.09. The number of nitrogen functional groups attached to an aromatic ring is 1. The van der Waals surface area contributed by atoms with Crippen LogP contribution in [-0.2, 0) is 6.18 Å². The second-order valence-corrected chi connectivity index (χ2v) is 4.73. The van der Waals surface area contributed by atoms with Gasteiger partial charge in [0.05, 0.1) is 17.6 Å². The number of anilines is 1. The van der Waals surface area contributed by atoms with Gasteiger partial charge in [-0.3, -0.25) is 0 Å². The molecule has 2 heterocycles. The fraction of sp³-hybridized carbons (Fsp3) is 0.143. The summed E-state index contributed by atoms with van der Waals surface area (Å²) >= 11 is 0. The summed E-state index contributed by atoms with van der Waals surface area (Å²) in [7, 11) is 0. The Morgan fingerprint density at radius 2 is 1.81 bits per heavy atom. The van der Waals surface area contributed by atoms with Crippen LogP contribution in [0.1, 0.15) is 11.3 Å². The van der Waals surface area contributed by atoms with E-state index in [1.807, 2.05) is 19.1 Å². The van der Waals surface area contributed by atoms with Crippen molar-refractivity contribution in [3.63, 3.8) is 0 Å². The Bertz CT molecular complexity index is 803. The van der Waals surface area contributed by atoms with Crippen LogP contribution in [0, 0.1) is 6.92 Å². The third kappa shape index (κ3) is 2.31. The van der Waals surface area contributed by atoms with Crippen LogP contribution in [0.2, 0.25) is 0 Å². The van der Waals surface area contributed by atoms with Crippen LogP contribution in [0.25, 0.3) is 16.9 Å². The Labute approximate surface area is 118 Å². The van der Waals surface area contributed by atoms with E-state index in [9.17, 15) is 13.2 Å². The maximum absolute atomic E-state index is 12.8. The van der Waals surface area contributed by atoms with Gasteiger partial charge in [0, 0.05) is 11.6 Å². The third-order valence-electron chi connectivity index (χ3n) is 3.13. The molecular formula is C14H11F3N4. The molecule has 7 heteroatoms. The first-order valence-electron chi connectivity index (χ1n) is 6.15. The lowest BCUT2D eigenvalue weighted by molar-refractivity contribution is -0.141. The highest BCUT2D eigenvalue weighted by Crippen LogP contribution is 2.31. The van der Waals surface area contributed by atoms with Crippen molar-refractivity contribution in [1.29, 1.82) is 0 Å². The third-order valence-corrected chi connectivity index (χ3v) is 3.13. The number of alkyl halides is 3. The SMILES string of the molecule is Cc1ccc(-c2c(N)cnc3cc(C(F)(F)F)nn23)cc1. The normalized spacial score (nSPS) is 12.0. The zero-order valence-corrected chi connectivity index (χ0v) is 11.0. The number of nitrogens with two attached hydrogens (primary N) is 1. The van der Waals surface area contributed by atoms with E-state index >= 15 is 0 Å². The van der Waals surface area contributed by atoms with Crippen LogP contribution in [0.4, 0.5) is 18.9 Å². The van der Waals surface area contributed by atoms with Crippen molar-refractivity contribution >= 4 is 11.3 Å². The van der Waals surface area contributed by atoms with Crippen molar-refractivity contribution in [3.8, 4) is 11.3 Å². The van der Waals surface area contributed by atoms with Gasteiger partial charge in [0.1, 0.15) is 0 Å².